The number of rotatable bonds is 2. The van der Waals surface area contributed by atoms with Crippen LogP contribution in [0.3, 0.4) is 0 Å². The van der Waals surface area contributed by atoms with Crippen LogP contribution in [-0.2, 0) is 13.0 Å². The van der Waals surface area contributed by atoms with Crippen LogP contribution in [0.2, 0.25) is 0 Å². The standard InChI is InChI=1S/C20H23N7/c1-25-5-4-19-16(13-25)11-20(24-23-19)27-8-6-26(7-9-27)17-2-3-18-15(10-17)12-21-14-22-18/h2-3,10-12,14H,4-9,13H2,1H3. The Bertz CT molecular complexity index is 965. The minimum atomic E-state index is 0.951. The van der Waals surface area contributed by atoms with Crippen molar-refractivity contribution in [1.29, 1.82) is 0 Å². The van der Waals surface area contributed by atoms with E-state index < -0.39 is 0 Å². The number of likely N-dealkylation sites (N-methyl/N-ethyl adjacent to an activating group) is 1. The maximum Gasteiger partial charge on any atom is 0.151 e. The van der Waals surface area contributed by atoms with Crippen LogP contribution >= 0.6 is 0 Å². The lowest BCUT2D eigenvalue weighted by Crippen LogP contribution is -2.47. The predicted molar refractivity (Wildman–Crippen MR) is 106 cm³/mol. The highest BCUT2D eigenvalue weighted by molar-refractivity contribution is 5.81. The maximum atomic E-state index is 4.50. The van der Waals surface area contributed by atoms with Crippen molar-refractivity contribution in [2.75, 3.05) is 49.6 Å². The molecule has 0 amide bonds. The van der Waals surface area contributed by atoms with E-state index in [1.807, 2.05) is 6.20 Å². The molecule has 3 aromatic rings. The molecular weight excluding hydrogens is 338 g/mol. The fraction of sp³-hybridized carbons (Fsp3) is 0.400. The fourth-order valence-electron chi connectivity index (χ4n) is 3.97. The summed E-state index contributed by atoms with van der Waals surface area (Å²) in [4.78, 5) is 15.5. The first-order valence-electron chi connectivity index (χ1n) is 9.50. The summed E-state index contributed by atoms with van der Waals surface area (Å²) in [6.07, 6.45) is 4.47. The van der Waals surface area contributed by atoms with Crippen LogP contribution in [0.25, 0.3) is 10.9 Å². The molecule has 2 aromatic heterocycles. The van der Waals surface area contributed by atoms with Gasteiger partial charge in [-0.3, -0.25) is 0 Å². The molecule has 0 N–H and O–H groups in total. The summed E-state index contributed by atoms with van der Waals surface area (Å²) in [5.74, 6) is 1.01. The molecule has 0 unspecified atom stereocenters. The van der Waals surface area contributed by atoms with Gasteiger partial charge in [-0.05, 0) is 36.9 Å². The average molecular weight is 361 g/mol. The van der Waals surface area contributed by atoms with Gasteiger partial charge in [0.25, 0.3) is 0 Å². The van der Waals surface area contributed by atoms with Crippen LogP contribution < -0.4 is 9.80 Å². The second kappa shape index (κ2) is 6.74. The second-order valence-electron chi connectivity index (χ2n) is 7.40. The SMILES string of the molecule is CN1CCc2nnc(N3CCN(c4ccc5ncncc5c4)CC3)cc2C1. The third-order valence-electron chi connectivity index (χ3n) is 5.57. The highest BCUT2D eigenvalue weighted by Gasteiger charge is 2.21. The topological polar surface area (TPSA) is 61.3 Å². The van der Waals surface area contributed by atoms with Gasteiger partial charge in [0.2, 0.25) is 0 Å². The maximum absolute atomic E-state index is 4.50. The quantitative estimate of drug-likeness (QED) is 0.689. The lowest BCUT2D eigenvalue weighted by molar-refractivity contribution is 0.308. The van der Waals surface area contributed by atoms with Crippen LogP contribution in [0.5, 0.6) is 0 Å². The van der Waals surface area contributed by atoms with Gasteiger partial charge in [0, 0.05) is 63.0 Å². The molecule has 1 aromatic carbocycles. The van der Waals surface area contributed by atoms with Crippen LogP contribution in [0.4, 0.5) is 11.5 Å². The van der Waals surface area contributed by atoms with Crippen LogP contribution in [0, 0.1) is 0 Å². The van der Waals surface area contributed by atoms with E-state index in [9.17, 15) is 0 Å². The molecule has 27 heavy (non-hydrogen) atoms. The second-order valence-corrected chi connectivity index (χ2v) is 7.40. The summed E-state index contributed by atoms with van der Waals surface area (Å²) in [5, 5.41) is 10.1. The van der Waals surface area contributed by atoms with Crippen LogP contribution in [0.15, 0.2) is 36.8 Å². The molecule has 0 atom stereocenters. The van der Waals surface area contributed by atoms with Crippen molar-refractivity contribution in [3.05, 3.63) is 48.0 Å². The summed E-state index contributed by atoms with van der Waals surface area (Å²) in [6.45, 7) is 5.88. The van der Waals surface area contributed by atoms with Gasteiger partial charge in [-0.1, -0.05) is 0 Å². The summed E-state index contributed by atoms with van der Waals surface area (Å²) < 4.78 is 0. The summed E-state index contributed by atoms with van der Waals surface area (Å²) in [5.41, 5.74) is 4.70. The Hall–Kier alpha value is -2.80. The number of benzene rings is 1. The van der Waals surface area contributed by atoms with E-state index in [4.69, 9.17) is 0 Å². The Morgan fingerprint density at radius 3 is 2.67 bits per heavy atom. The zero-order valence-electron chi connectivity index (χ0n) is 15.5. The number of piperazine rings is 1. The first-order chi connectivity index (χ1) is 13.3. The van der Waals surface area contributed by atoms with Crippen molar-refractivity contribution in [1.82, 2.24) is 25.1 Å². The van der Waals surface area contributed by atoms with Gasteiger partial charge in [-0.15, -0.1) is 5.10 Å². The molecule has 0 radical (unpaired) electrons. The zero-order valence-corrected chi connectivity index (χ0v) is 15.5. The first-order valence-corrected chi connectivity index (χ1v) is 9.50. The highest BCUT2D eigenvalue weighted by atomic mass is 15.3. The van der Waals surface area contributed by atoms with E-state index in [2.05, 4.69) is 66.2 Å². The Kier molecular flexibility index (Phi) is 4.09. The summed E-state index contributed by atoms with van der Waals surface area (Å²) in [6, 6.07) is 8.64. The molecule has 1 fully saturated rings. The third kappa shape index (κ3) is 3.19. The number of fused-ring (bicyclic) bond motifs is 2. The number of anilines is 2. The highest BCUT2D eigenvalue weighted by Crippen LogP contribution is 2.24. The molecule has 2 aliphatic heterocycles. The van der Waals surface area contributed by atoms with Crippen molar-refractivity contribution in [2.24, 2.45) is 0 Å². The minimum absolute atomic E-state index is 0.951. The minimum Gasteiger partial charge on any atom is -0.368 e. The molecule has 0 spiro atoms. The molecule has 0 saturated carbocycles. The first kappa shape index (κ1) is 16.4. The number of aromatic nitrogens is 4. The number of nitrogens with zero attached hydrogens (tertiary/aromatic N) is 7. The smallest absolute Gasteiger partial charge is 0.151 e. The molecule has 7 nitrogen and oxygen atoms in total. The zero-order chi connectivity index (χ0) is 18.2. The number of hydrogen-bond acceptors (Lipinski definition) is 7. The predicted octanol–water partition coefficient (Wildman–Crippen LogP) is 1.73. The van der Waals surface area contributed by atoms with Crippen molar-refractivity contribution in [2.45, 2.75) is 13.0 Å². The van der Waals surface area contributed by atoms with Gasteiger partial charge in [-0.2, -0.15) is 5.10 Å². The molecule has 4 heterocycles. The molecule has 138 valence electrons. The molecule has 0 bridgehead atoms. The van der Waals surface area contributed by atoms with E-state index in [0.717, 1.165) is 68.1 Å². The van der Waals surface area contributed by atoms with Crippen molar-refractivity contribution in [3.8, 4) is 0 Å². The summed E-state index contributed by atoms with van der Waals surface area (Å²) >= 11 is 0. The van der Waals surface area contributed by atoms with Crippen molar-refractivity contribution in [3.63, 3.8) is 0 Å². The van der Waals surface area contributed by atoms with Gasteiger partial charge < -0.3 is 14.7 Å². The average Bonchev–Trinajstić information content (AvgIpc) is 2.73. The third-order valence-corrected chi connectivity index (χ3v) is 5.57. The monoisotopic (exact) mass is 361 g/mol. The van der Waals surface area contributed by atoms with E-state index in [1.54, 1.807) is 6.33 Å². The number of hydrogen-bond donors (Lipinski definition) is 0. The van der Waals surface area contributed by atoms with Gasteiger partial charge >= 0.3 is 0 Å². The molecule has 5 rings (SSSR count). The molecule has 2 aliphatic rings. The molecular formula is C20H23N7. The lowest BCUT2D eigenvalue weighted by Gasteiger charge is -2.37. The van der Waals surface area contributed by atoms with E-state index in [-0.39, 0.29) is 0 Å². The molecule has 0 aliphatic carbocycles. The summed E-state index contributed by atoms with van der Waals surface area (Å²) in [7, 11) is 2.16. The largest absolute Gasteiger partial charge is 0.368 e. The van der Waals surface area contributed by atoms with Crippen LogP contribution in [-0.4, -0.2) is 64.8 Å². The van der Waals surface area contributed by atoms with Crippen molar-refractivity contribution >= 4 is 22.4 Å². The Morgan fingerprint density at radius 1 is 0.926 bits per heavy atom. The van der Waals surface area contributed by atoms with Gasteiger partial charge in [-0.25, -0.2) is 9.97 Å². The van der Waals surface area contributed by atoms with E-state index in [0.29, 0.717) is 0 Å². The molecule has 7 heteroatoms. The molecule has 1 saturated heterocycles. The Morgan fingerprint density at radius 2 is 1.78 bits per heavy atom. The van der Waals surface area contributed by atoms with Gasteiger partial charge in [0.1, 0.15) is 6.33 Å². The lowest BCUT2D eigenvalue weighted by atomic mass is 10.1. The Balaban J connectivity index is 1.30. The normalized spacial score (nSPS) is 18.0. The van der Waals surface area contributed by atoms with E-state index >= 15 is 0 Å². The Labute approximate surface area is 158 Å². The van der Waals surface area contributed by atoms with Crippen LogP contribution in [0.1, 0.15) is 11.3 Å². The van der Waals surface area contributed by atoms with Gasteiger partial charge in [0.15, 0.2) is 5.82 Å². The van der Waals surface area contributed by atoms with E-state index in [1.165, 1.54) is 11.3 Å². The van der Waals surface area contributed by atoms with Gasteiger partial charge in [0.05, 0.1) is 11.2 Å². The van der Waals surface area contributed by atoms with Crippen molar-refractivity contribution < 1.29 is 0 Å². The fourth-order valence-corrected chi connectivity index (χ4v) is 3.97.